The summed E-state index contributed by atoms with van der Waals surface area (Å²) in [7, 11) is 0. The van der Waals surface area contributed by atoms with E-state index >= 15 is 0 Å². The molecule has 0 saturated carbocycles. The van der Waals surface area contributed by atoms with Crippen LogP contribution in [0.4, 0.5) is 0 Å². The van der Waals surface area contributed by atoms with Crippen LogP contribution in [0.2, 0.25) is 0 Å². The lowest BCUT2D eigenvalue weighted by Crippen LogP contribution is -2.23. The second kappa shape index (κ2) is 4.41. The van der Waals surface area contributed by atoms with Crippen molar-refractivity contribution < 1.29 is 28.3 Å². The molecule has 92 valence electrons. The van der Waals surface area contributed by atoms with E-state index in [4.69, 9.17) is 23.2 Å². The van der Waals surface area contributed by atoms with E-state index in [0.29, 0.717) is 23.1 Å². The van der Waals surface area contributed by atoms with Gasteiger partial charge in [0.1, 0.15) is 0 Å². The summed E-state index contributed by atoms with van der Waals surface area (Å²) in [6.07, 6.45) is -1.85. The minimum absolute atomic E-state index is 0.00510. The van der Waals surface area contributed by atoms with Crippen LogP contribution in [0.15, 0.2) is 24.3 Å². The lowest BCUT2D eigenvalue weighted by molar-refractivity contribution is 0.106. The van der Waals surface area contributed by atoms with Crippen molar-refractivity contribution in [1.82, 2.24) is 0 Å². The van der Waals surface area contributed by atoms with E-state index in [1.54, 1.807) is 0 Å². The lowest BCUT2D eigenvalue weighted by atomic mass is 9.89. The molecule has 1 atom stereocenters. The van der Waals surface area contributed by atoms with E-state index in [9.17, 15) is 5.11 Å². The van der Waals surface area contributed by atoms with Crippen molar-refractivity contribution >= 4 is 6.08 Å². The maximum atomic E-state index is 10.5. The molecule has 1 aromatic carbocycles. The van der Waals surface area contributed by atoms with Gasteiger partial charge in [0.05, 0.1) is 7.45 Å². The zero-order chi connectivity index (χ0) is 20.9. The van der Waals surface area contributed by atoms with E-state index in [1.165, 1.54) is 18.2 Å². The SMILES string of the molecule is [2H]C([2H])([2H])C(C([2H])([2H])[2H])(C([2H])([2H])[2H])C([2H])(O)/C=C/c1ccc2c(c1)OCO2. The van der Waals surface area contributed by atoms with Crippen LogP contribution in [-0.4, -0.2) is 18.0 Å². The minimum atomic E-state index is -3.73. The van der Waals surface area contributed by atoms with E-state index in [0.717, 1.165) is 6.08 Å². The summed E-state index contributed by atoms with van der Waals surface area (Å²) in [5.74, 6) is 0.814. The molecule has 1 N–H and O–H groups in total. The Kier molecular flexibility index (Phi) is 1.21. The molecule has 1 aliphatic rings. The highest BCUT2D eigenvalue weighted by Gasteiger charge is 2.19. The number of hydrogen-bond acceptors (Lipinski definition) is 3. The topological polar surface area (TPSA) is 38.7 Å². The molecule has 1 aromatic rings. The minimum Gasteiger partial charge on any atom is -0.454 e. The number of aliphatic hydroxyl groups is 1. The van der Waals surface area contributed by atoms with Crippen molar-refractivity contribution in [3.8, 4) is 11.5 Å². The highest BCUT2D eigenvalue weighted by Crippen LogP contribution is 2.33. The van der Waals surface area contributed by atoms with Gasteiger partial charge in [0, 0.05) is 12.3 Å². The Hall–Kier alpha value is -1.48. The molecule has 0 aromatic heterocycles. The Morgan fingerprint density at radius 2 is 2.18 bits per heavy atom. The lowest BCUT2D eigenvalue weighted by Gasteiger charge is -2.22. The first-order valence-electron chi connectivity index (χ1n) is 9.86. The maximum Gasteiger partial charge on any atom is 0.231 e. The summed E-state index contributed by atoms with van der Waals surface area (Å²) in [6, 6.07) is 4.47. The van der Waals surface area contributed by atoms with Crippen LogP contribution in [0, 0.1) is 5.41 Å². The molecule has 1 aliphatic heterocycles. The van der Waals surface area contributed by atoms with Gasteiger partial charge in [-0.15, -0.1) is 0 Å². The number of rotatable bonds is 2. The van der Waals surface area contributed by atoms with Crippen LogP contribution < -0.4 is 9.47 Å². The quantitative estimate of drug-likeness (QED) is 0.869. The zero-order valence-electron chi connectivity index (χ0n) is 18.9. The van der Waals surface area contributed by atoms with Gasteiger partial charge in [-0.2, -0.15) is 0 Å². The highest BCUT2D eigenvalue weighted by atomic mass is 16.7. The van der Waals surface area contributed by atoms with Gasteiger partial charge in [-0.05, 0) is 23.1 Å². The second-order valence-electron chi connectivity index (χ2n) is 3.58. The summed E-state index contributed by atoms with van der Waals surface area (Å²) < 4.78 is 86.3. The third-order valence-corrected chi connectivity index (χ3v) is 2.21. The standard InChI is InChI=1S/C14H18O3/c1-14(2,3)13(15)7-5-10-4-6-11-12(8-10)17-9-16-11/h4-8,13,15H,9H2,1-3H3/b7-5+/i1D3,2D3,3D3,13D. The normalized spacial score (nSPS) is 29.2. The zero-order valence-corrected chi connectivity index (χ0v) is 8.86. The van der Waals surface area contributed by atoms with Crippen molar-refractivity contribution in [3.05, 3.63) is 29.8 Å². The van der Waals surface area contributed by atoms with E-state index in [2.05, 4.69) is 0 Å². The van der Waals surface area contributed by atoms with Crippen LogP contribution in [0.1, 0.15) is 39.8 Å². The van der Waals surface area contributed by atoms with Crippen molar-refractivity contribution in [2.24, 2.45) is 5.41 Å². The van der Waals surface area contributed by atoms with Crippen LogP contribution in [0.5, 0.6) is 11.5 Å². The molecule has 0 radical (unpaired) electrons. The first-order chi connectivity index (χ1) is 12.0. The number of hydrogen-bond donors (Lipinski definition) is 1. The summed E-state index contributed by atoms with van der Waals surface area (Å²) >= 11 is 0. The molecule has 1 heterocycles. The predicted molar refractivity (Wildman–Crippen MR) is 67.1 cm³/mol. The molecule has 0 spiro atoms. The molecule has 3 nitrogen and oxygen atoms in total. The molecule has 1 unspecified atom stereocenters. The number of ether oxygens (including phenoxy) is 2. The third-order valence-electron chi connectivity index (χ3n) is 2.21. The molecule has 0 saturated heterocycles. The molecule has 17 heavy (non-hydrogen) atoms. The fraction of sp³-hybridized carbons (Fsp3) is 0.429. The average Bonchev–Trinajstić information content (AvgIpc) is 2.87. The Morgan fingerprint density at radius 3 is 2.94 bits per heavy atom. The smallest absolute Gasteiger partial charge is 0.231 e. The van der Waals surface area contributed by atoms with Crippen molar-refractivity contribution in [2.45, 2.75) is 26.6 Å². The summed E-state index contributed by atoms with van der Waals surface area (Å²) in [5.41, 5.74) is -3.41. The monoisotopic (exact) mass is 244 g/mol. The van der Waals surface area contributed by atoms with Gasteiger partial charge in [-0.25, -0.2) is 0 Å². The number of benzene rings is 1. The molecule has 3 heteroatoms. The largest absolute Gasteiger partial charge is 0.454 e. The highest BCUT2D eigenvalue weighted by molar-refractivity contribution is 5.56. The molecule has 0 fully saturated rings. The van der Waals surface area contributed by atoms with Crippen LogP contribution >= 0.6 is 0 Å². The Balaban J connectivity index is 2.57. The van der Waals surface area contributed by atoms with E-state index in [1.807, 2.05) is 0 Å². The van der Waals surface area contributed by atoms with Crippen LogP contribution in [0.3, 0.4) is 0 Å². The van der Waals surface area contributed by atoms with Gasteiger partial charge in [-0.3, -0.25) is 0 Å². The fourth-order valence-electron chi connectivity index (χ4n) is 1.32. The summed E-state index contributed by atoms with van der Waals surface area (Å²) in [5, 5.41) is 10.5. The van der Waals surface area contributed by atoms with E-state index in [-0.39, 0.29) is 6.79 Å². The molecule has 0 amide bonds. The maximum absolute atomic E-state index is 10.5. The first kappa shape index (κ1) is 4.65. The Morgan fingerprint density at radius 1 is 1.41 bits per heavy atom. The van der Waals surface area contributed by atoms with Gasteiger partial charge in [0.25, 0.3) is 0 Å². The summed E-state index contributed by atoms with van der Waals surface area (Å²) in [6.45, 7) is -11.1. The van der Waals surface area contributed by atoms with Crippen molar-refractivity contribution in [1.29, 1.82) is 0 Å². The Bertz CT molecular complexity index is 694. The van der Waals surface area contributed by atoms with E-state index < -0.39 is 32.1 Å². The molecule has 2 rings (SSSR count). The van der Waals surface area contributed by atoms with Crippen molar-refractivity contribution in [3.63, 3.8) is 0 Å². The van der Waals surface area contributed by atoms with Crippen LogP contribution in [0.25, 0.3) is 6.08 Å². The molecular weight excluding hydrogens is 216 g/mol. The molecule has 0 aliphatic carbocycles. The van der Waals surface area contributed by atoms with Gasteiger partial charge in [0.2, 0.25) is 6.79 Å². The van der Waals surface area contributed by atoms with Gasteiger partial charge < -0.3 is 14.6 Å². The van der Waals surface area contributed by atoms with Crippen LogP contribution in [-0.2, 0) is 0 Å². The Labute approximate surface area is 116 Å². The van der Waals surface area contributed by atoms with Gasteiger partial charge in [0.15, 0.2) is 11.5 Å². The third kappa shape index (κ3) is 2.80. The predicted octanol–water partition coefficient (Wildman–Crippen LogP) is 2.84. The van der Waals surface area contributed by atoms with Crippen molar-refractivity contribution in [2.75, 3.05) is 6.79 Å². The molecule has 0 bridgehead atoms. The summed E-state index contributed by atoms with van der Waals surface area (Å²) in [4.78, 5) is 0. The average molecular weight is 244 g/mol. The van der Waals surface area contributed by atoms with Gasteiger partial charge >= 0.3 is 0 Å². The first-order valence-corrected chi connectivity index (χ1v) is 4.86. The fourth-order valence-corrected chi connectivity index (χ4v) is 1.32. The van der Waals surface area contributed by atoms with Gasteiger partial charge in [-0.1, -0.05) is 38.8 Å². The number of fused-ring (bicyclic) bond motifs is 1. The second-order valence-corrected chi connectivity index (χ2v) is 3.58. The molecular formula is C14H18O3.